The number of aryl methyl sites for hydroxylation is 1. The van der Waals surface area contributed by atoms with Gasteiger partial charge in [-0.3, -0.25) is 0 Å². The van der Waals surface area contributed by atoms with Gasteiger partial charge in [0.05, 0.1) is 0 Å². The van der Waals surface area contributed by atoms with Crippen LogP contribution in [0.4, 0.5) is 0 Å². The lowest BCUT2D eigenvalue weighted by atomic mass is 10.0. The van der Waals surface area contributed by atoms with Gasteiger partial charge in [-0.25, -0.2) is 4.79 Å². The fraction of sp³-hybridized carbons (Fsp3) is 0.312. The highest BCUT2D eigenvalue weighted by Crippen LogP contribution is 2.27. The van der Waals surface area contributed by atoms with Crippen LogP contribution in [0, 0.1) is 6.92 Å². The average Bonchev–Trinajstić information content (AvgIpc) is 2.78. The molecule has 0 bridgehead atoms. The van der Waals surface area contributed by atoms with Crippen molar-refractivity contribution < 1.29 is 19.1 Å². The maximum atomic E-state index is 11.0. The highest BCUT2D eigenvalue weighted by Gasteiger charge is 2.14. The van der Waals surface area contributed by atoms with E-state index in [0.717, 1.165) is 11.3 Å². The molecule has 0 amide bonds. The third-order valence-electron chi connectivity index (χ3n) is 3.11. The summed E-state index contributed by atoms with van der Waals surface area (Å²) < 4.78 is 11.1. The number of ether oxygens (including phenoxy) is 1. The zero-order valence-corrected chi connectivity index (χ0v) is 11.8. The Morgan fingerprint density at radius 2 is 2.05 bits per heavy atom. The van der Waals surface area contributed by atoms with Crippen LogP contribution in [0.25, 0.3) is 0 Å². The molecule has 0 fully saturated rings. The summed E-state index contributed by atoms with van der Waals surface area (Å²) in [6.07, 6.45) is 0. The molecule has 1 N–H and O–H groups in total. The number of benzene rings is 1. The van der Waals surface area contributed by atoms with Crippen LogP contribution in [0.2, 0.25) is 0 Å². The number of carbonyl (C=O) groups is 1. The van der Waals surface area contributed by atoms with Crippen molar-refractivity contribution in [3.63, 3.8) is 0 Å². The second-order valence-corrected chi connectivity index (χ2v) is 4.97. The topological polar surface area (TPSA) is 59.7 Å². The standard InChI is InChI=1S/C16H18O4/c1-10(2)13-6-4-5-7-15(13)19-9-12-8-14(16(17)18)11(3)20-12/h4-8,10H,9H2,1-3H3,(H,17,18). The van der Waals surface area contributed by atoms with Crippen LogP contribution in [-0.4, -0.2) is 11.1 Å². The molecule has 0 atom stereocenters. The summed E-state index contributed by atoms with van der Waals surface area (Å²) in [6, 6.07) is 9.33. The van der Waals surface area contributed by atoms with Crippen molar-refractivity contribution in [2.75, 3.05) is 0 Å². The minimum absolute atomic E-state index is 0.181. The van der Waals surface area contributed by atoms with Crippen molar-refractivity contribution in [3.05, 3.63) is 53.0 Å². The summed E-state index contributed by atoms with van der Waals surface area (Å²) in [5, 5.41) is 8.98. The van der Waals surface area contributed by atoms with Gasteiger partial charge in [-0.15, -0.1) is 0 Å². The number of aromatic carboxylic acids is 1. The predicted molar refractivity (Wildman–Crippen MR) is 75.3 cm³/mol. The molecule has 1 aromatic carbocycles. The molecule has 20 heavy (non-hydrogen) atoms. The Morgan fingerprint density at radius 3 is 2.65 bits per heavy atom. The van der Waals surface area contributed by atoms with Crippen molar-refractivity contribution in [2.45, 2.75) is 33.3 Å². The zero-order valence-electron chi connectivity index (χ0n) is 11.8. The number of carboxylic acids is 1. The number of para-hydroxylation sites is 1. The lowest BCUT2D eigenvalue weighted by Gasteiger charge is -2.12. The highest BCUT2D eigenvalue weighted by atomic mass is 16.5. The van der Waals surface area contributed by atoms with E-state index in [1.165, 1.54) is 6.07 Å². The molecule has 0 aliphatic heterocycles. The molecule has 0 unspecified atom stereocenters. The van der Waals surface area contributed by atoms with Crippen LogP contribution in [0.5, 0.6) is 5.75 Å². The van der Waals surface area contributed by atoms with Gasteiger partial charge in [0.1, 0.15) is 29.4 Å². The molecule has 0 saturated heterocycles. The van der Waals surface area contributed by atoms with Gasteiger partial charge in [-0.1, -0.05) is 32.0 Å². The van der Waals surface area contributed by atoms with Crippen LogP contribution in [0.3, 0.4) is 0 Å². The Bertz CT molecular complexity index is 611. The SMILES string of the molecule is Cc1oc(COc2ccccc2C(C)C)cc1C(=O)O. The number of carboxylic acid groups (broad SMARTS) is 1. The molecule has 1 heterocycles. The molecular weight excluding hydrogens is 256 g/mol. The summed E-state index contributed by atoms with van der Waals surface area (Å²) in [7, 11) is 0. The van der Waals surface area contributed by atoms with E-state index >= 15 is 0 Å². The third-order valence-corrected chi connectivity index (χ3v) is 3.11. The fourth-order valence-electron chi connectivity index (χ4n) is 2.06. The first-order valence-electron chi connectivity index (χ1n) is 6.53. The van der Waals surface area contributed by atoms with Gasteiger partial charge >= 0.3 is 5.97 Å². The van der Waals surface area contributed by atoms with Crippen molar-refractivity contribution in [3.8, 4) is 5.75 Å². The van der Waals surface area contributed by atoms with Gasteiger partial charge in [0, 0.05) is 0 Å². The number of hydrogen-bond acceptors (Lipinski definition) is 3. The zero-order chi connectivity index (χ0) is 14.7. The van der Waals surface area contributed by atoms with Crippen molar-refractivity contribution in [1.82, 2.24) is 0 Å². The highest BCUT2D eigenvalue weighted by molar-refractivity contribution is 5.88. The van der Waals surface area contributed by atoms with Gasteiger partial charge in [-0.2, -0.15) is 0 Å². The first kappa shape index (κ1) is 14.2. The second kappa shape index (κ2) is 5.82. The Hall–Kier alpha value is -2.23. The fourth-order valence-corrected chi connectivity index (χ4v) is 2.06. The molecule has 2 aromatic rings. The van der Waals surface area contributed by atoms with Crippen LogP contribution in [-0.2, 0) is 6.61 Å². The molecule has 0 spiro atoms. The van der Waals surface area contributed by atoms with Gasteiger partial charge < -0.3 is 14.3 Å². The van der Waals surface area contributed by atoms with E-state index in [2.05, 4.69) is 13.8 Å². The van der Waals surface area contributed by atoms with E-state index in [4.69, 9.17) is 14.3 Å². The van der Waals surface area contributed by atoms with E-state index in [0.29, 0.717) is 17.4 Å². The maximum absolute atomic E-state index is 11.0. The minimum atomic E-state index is -0.986. The average molecular weight is 274 g/mol. The van der Waals surface area contributed by atoms with E-state index in [-0.39, 0.29) is 12.2 Å². The first-order valence-corrected chi connectivity index (χ1v) is 6.53. The molecule has 1 aromatic heterocycles. The Morgan fingerprint density at radius 1 is 1.35 bits per heavy atom. The Kier molecular flexibility index (Phi) is 4.13. The van der Waals surface area contributed by atoms with Gasteiger partial charge in [0.2, 0.25) is 0 Å². The molecule has 0 aliphatic rings. The van der Waals surface area contributed by atoms with E-state index in [9.17, 15) is 4.79 Å². The lowest BCUT2D eigenvalue weighted by molar-refractivity contribution is 0.0695. The first-order chi connectivity index (χ1) is 9.49. The molecule has 0 saturated carbocycles. The Labute approximate surface area is 118 Å². The summed E-state index contributed by atoms with van der Waals surface area (Å²) in [5.41, 5.74) is 1.30. The van der Waals surface area contributed by atoms with Gasteiger partial charge in [0.25, 0.3) is 0 Å². The van der Waals surface area contributed by atoms with Crippen LogP contribution in [0.1, 0.15) is 47.2 Å². The summed E-state index contributed by atoms with van der Waals surface area (Å²) >= 11 is 0. The van der Waals surface area contributed by atoms with E-state index in [1.54, 1.807) is 6.92 Å². The molecular formula is C16H18O4. The molecule has 0 radical (unpaired) electrons. The monoisotopic (exact) mass is 274 g/mol. The smallest absolute Gasteiger partial charge is 0.339 e. The van der Waals surface area contributed by atoms with E-state index < -0.39 is 5.97 Å². The minimum Gasteiger partial charge on any atom is -0.485 e. The molecule has 4 nitrogen and oxygen atoms in total. The lowest BCUT2D eigenvalue weighted by Crippen LogP contribution is -1.99. The predicted octanol–water partition coefficient (Wildman–Crippen LogP) is 3.99. The normalized spacial score (nSPS) is 10.8. The maximum Gasteiger partial charge on any atom is 0.339 e. The van der Waals surface area contributed by atoms with Crippen LogP contribution < -0.4 is 4.74 Å². The van der Waals surface area contributed by atoms with Crippen molar-refractivity contribution in [2.24, 2.45) is 0 Å². The van der Waals surface area contributed by atoms with Crippen LogP contribution in [0.15, 0.2) is 34.7 Å². The summed E-state index contributed by atoms with van der Waals surface area (Å²) in [6.45, 7) is 6.05. The largest absolute Gasteiger partial charge is 0.485 e. The molecule has 4 heteroatoms. The van der Waals surface area contributed by atoms with Crippen molar-refractivity contribution in [1.29, 1.82) is 0 Å². The molecule has 106 valence electrons. The third kappa shape index (κ3) is 3.02. The van der Waals surface area contributed by atoms with Crippen LogP contribution >= 0.6 is 0 Å². The van der Waals surface area contributed by atoms with Crippen molar-refractivity contribution >= 4 is 5.97 Å². The summed E-state index contributed by atoms with van der Waals surface area (Å²) in [5.74, 6) is 1.08. The second-order valence-electron chi connectivity index (χ2n) is 4.97. The van der Waals surface area contributed by atoms with Gasteiger partial charge in [0.15, 0.2) is 0 Å². The number of hydrogen-bond donors (Lipinski definition) is 1. The number of rotatable bonds is 5. The van der Waals surface area contributed by atoms with E-state index in [1.807, 2.05) is 24.3 Å². The Balaban J connectivity index is 2.13. The quantitative estimate of drug-likeness (QED) is 0.895. The molecule has 2 rings (SSSR count). The van der Waals surface area contributed by atoms with Gasteiger partial charge in [-0.05, 0) is 30.5 Å². The molecule has 0 aliphatic carbocycles. The summed E-state index contributed by atoms with van der Waals surface area (Å²) in [4.78, 5) is 11.0. The number of furan rings is 1.